The first kappa shape index (κ1) is 34.8. The van der Waals surface area contributed by atoms with Crippen molar-refractivity contribution in [3.63, 3.8) is 0 Å². The van der Waals surface area contributed by atoms with Crippen molar-refractivity contribution in [2.75, 3.05) is 9.80 Å². The molecule has 0 radical (unpaired) electrons. The van der Waals surface area contributed by atoms with Crippen molar-refractivity contribution in [2.24, 2.45) is 0 Å². The van der Waals surface area contributed by atoms with E-state index < -0.39 is 0 Å². The van der Waals surface area contributed by atoms with E-state index in [-0.39, 0.29) is 0 Å². The van der Waals surface area contributed by atoms with Crippen molar-refractivity contribution in [1.29, 1.82) is 0 Å². The third-order valence-electron chi connectivity index (χ3n) is 11.1. The van der Waals surface area contributed by atoms with Crippen LogP contribution in [0.4, 0.5) is 34.1 Å². The minimum atomic E-state index is 1.08. The molecule has 0 aromatic heterocycles. The molecule has 0 aliphatic carbocycles. The summed E-state index contributed by atoms with van der Waals surface area (Å²) in [5.74, 6) is 0. The molecule has 0 fully saturated rings. The van der Waals surface area contributed by atoms with Crippen LogP contribution in [0.25, 0.3) is 54.9 Å². The van der Waals surface area contributed by atoms with Crippen LogP contribution in [0.3, 0.4) is 0 Å². The predicted octanol–water partition coefficient (Wildman–Crippen LogP) is 15.9. The van der Waals surface area contributed by atoms with Gasteiger partial charge in [0.25, 0.3) is 0 Å². The van der Waals surface area contributed by atoms with Crippen LogP contribution in [0.2, 0.25) is 0 Å². The van der Waals surface area contributed by atoms with E-state index >= 15 is 0 Å². The highest BCUT2D eigenvalue weighted by molar-refractivity contribution is 5.98. The molecule has 10 aromatic carbocycles. The third kappa shape index (κ3) is 6.78. The molecule has 0 spiro atoms. The summed E-state index contributed by atoms with van der Waals surface area (Å²) in [5, 5.41) is 5.00. The molecule has 0 saturated carbocycles. The Bertz CT molecular complexity index is 2820. The number of para-hydroxylation sites is 1. The zero-order valence-electron chi connectivity index (χ0n) is 32.0. The Labute approximate surface area is 340 Å². The summed E-state index contributed by atoms with van der Waals surface area (Å²) in [7, 11) is 0. The van der Waals surface area contributed by atoms with Crippen LogP contribution < -0.4 is 9.80 Å². The molecule has 274 valence electrons. The van der Waals surface area contributed by atoms with Gasteiger partial charge in [0.1, 0.15) is 0 Å². The van der Waals surface area contributed by atoms with Crippen LogP contribution >= 0.6 is 0 Å². The van der Waals surface area contributed by atoms with Crippen molar-refractivity contribution in [2.45, 2.75) is 0 Å². The van der Waals surface area contributed by atoms with Crippen LogP contribution in [-0.4, -0.2) is 0 Å². The van der Waals surface area contributed by atoms with Crippen molar-refractivity contribution < 1.29 is 0 Å². The number of hydrogen-bond acceptors (Lipinski definition) is 2. The maximum atomic E-state index is 2.35. The van der Waals surface area contributed by atoms with Crippen LogP contribution in [-0.2, 0) is 0 Å². The van der Waals surface area contributed by atoms with Gasteiger partial charge in [0.15, 0.2) is 0 Å². The minimum Gasteiger partial charge on any atom is -0.311 e. The van der Waals surface area contributed by atoms with Crippen LogP contribution in [0.15, 0.2) is 243 Å². The molecule has 58 heavy (non-hydrogen) atoms. The van der Waals surface area contributed by atoms with E-state index in [9.17, 15) is 0 Å². The van der Waals surface area contributed by atoms with Crippen LogP contribution in [0.5, 0.6) is 0 Å². The minimum absolute atomic E-state index is 1.08. The Morgan fingerprint density at radius 3 is 0.914 bits per heavy atom. The van der Waals surface area contributed by atoms with E-state index in [1.54, 1.807) is 0 Å². The normalized spacial score (nSPS) is 11.1. The second kappa shape index (κ2) is 15.5. The number of nitrogens with zero attached hydrogens (tertiary/aromatic N) is 2. The molecule has 0 aliphatic heterocycles. The molecule has 2 heteroatoms. The first-order valence-electron chi connectivity index (χ1n) is 19.8. The molecule has 0 aliphatic rings. The molecular formula is C56H40N2. The van der Waals surface area contributed by atoms with Crippen molar-refractivity contribution in [3.8, 4) is 33.4 Å². The van der Waals surface area contributed by atoms with Gasteiger partial charge in [-0.25, -0.2) is 0 Å². The number of anilines is 6. The molecule has 10 aromatic rings. The van der Waals surface area contributed by atoms with E-state index in [1.165, 1.54) is 54.9 Å². The molecule has 10 rings (SSSR count). The van der Waals surface area contributed by atoms with Crippen molar-refractivity contribution >= 4 is 55.7 Å². The highest BCUT2D eigenvalue weighted by atomic mass is 15.2. The van der Waals surface area contributed by atoms with Gasteiger partial charge in [-0.1, -0.05) is 170 Å². The molecule has 0 saturated heterocycles. The second-order valence-electron chi connectivity index (χ2n) is 14.6. The average molecular weight is 741 g/mol. The Morgan fingerprint density at radius 2 is 0.483 bits per heavy atom. The van der Waals surface area contributed by atoms with Crippen molar-refractivity contribution in [1.82, 2.24) is 0 Å². The topological polar surface area (TPSA) is 6.48 Å². The third-order valence-corrected chi connectivity index (χ3v) is 11.1. The number of benzene rings is 10. The summed E-state index contributed by atoms with van der Waals surface area (Å²) in [6.45, 7) is 0. The van der Waals surface area contributed by atoms with E-state index in [0.29, 0.717) is 0 Å². The highest BCUT2D eigenvalue weighted by Gasteiger charge is 2.17. The van der Waals surface area contributed by atoms with E-state index in [0.717, 1.165) is 34.1 Å². The van der Waals surface area contributed by atoms with Crippen molar-refractivity contribution in [3.05, 3.63) is 243 Å². The van der Waals surface area contributed by atoms with Gasteiger partial charge in [0, 0.05) is 34.1 Å². The molecule has 0 bridgehead atoms. The largest absolute Gasteiger partial charge is 0.311 e. The summed E-state index contributed by atoms with van der Waals surface area (Å²) in [6, 6.07) is 87.2. The quantitative estimate of drug-likeness (QED) is 0.145. The lowest BCUT2D eigenvalue weighted by molar-refractivity contribution is 1.26. The Kier molecular flexibility index (Phi) is 9.27. The Morgan fingerprint density at radius 1 is 0.190 bits per heavy atom. The fourth-order valence-corrected chi connectivity index (χ4v) is 8.19. The standard InChI is InChI=1S/C56H40N2/c1-3-13-41(14-4-1)42-25-31-48(32-26-42)57(47-19-5-2-6-20-47)51-37-39-52(40-38-51)58(49-33-27-45(28-34-49)55-23-11-17-43-15-7-9-21-53(43)55)50-35-29-46(30-36-50)56-24-12-18-44-16-8-10-22-54(44)56/h1-40H. The molecule has 0 amide bonds. The Balaban J connectivity index is 1.04. The number of fused-ring (bicyclic) bond motifs is 2. The maximum Gasteiger partial charge on any atom is 0.0463 e. The second-order valence-corrected chi connectivity index (χ2v) is 14.6. The Hall–Kier alpha value is -7.68. The van der Waals surface area contributed by atoms with E-state index in [4.69, 9.17) is 0 Å². The van der Waals surface area contributed by atoms with Crippen LogP contribution in [0.1, 0.15) is 0 Å². The van der Waals surface area contributed by atoms with E-state index in [1.807, 2.05) is 0 Å². The number of rotatable bonds is 9. The van der Waals surface area contributed by atoms with E-state index in [2.05, 4.69) is 252 Å². The summed E-state index contributed by atoms with van der Waals surface area (Å²) in [6.07, 6.45) is 0. The van der Waals surface area contributed by atoms with Gasteiger partial charge in [-0.15, -0.1) is 0 Å². The van der Waals surface area contributed by atoms with Gasteiger partial charge in [-0.3, -0.25) is 0 Å². The lowest BCUT2D eigenvalue weighted by Gasteiger charge is -2.28. The molecule has 0 unspecified atom stereocenters. The summed E-state index contributed by atoms with van der Waals surface area (Å²) < 4.78 is 0. The first-order valence-corrected chi connectivity index (χ1v) is 19.8. The predicted molar refractivity (Wildman–Crippen MR) is 247 cm³/mol. The zero-order chi connectivity index (χ0) is 38.7. The molecular weight excluding hydrogens is 701 g/mol. The monoisotopic (exact) mass is 740 g/mol. The lowest BCUT2D eigenvalue weighted by atomic mass is 9.97. The van der Waals surface area contributed by atoms with Gasteiger partial charge in [-0.05, 0) is 128 Å². The highest BCUT2D eigenvalue weighted by Crippen LogP contribution is 2.41. The summed E-state index contributed by atoms with van der Waals surface area (Å²) in [4.78, 5) is 4.67. The van der Waals surface area contributed by atoms with Crippen LogP contribution in [0, 0.1) is 0 Å². The maximum absolute atomic E-state index is 2.35. The zero-order valence-corrected chi connectivity index (χ0v) is 32.0. The fraction of sp³-hybridized carbons (Fsp3) is 0. The average Bonchev–Trinajstić information content (AvgIpc) is 3.31. The molecule has 0 atom stereocenters. The summed E-state index contributed by atoms with van der Waals surface area (Å²) in [5.41, 5.74) is 13.8. The smallest absolute Gasteiger partial charge is 0.0463 e. The molecule has 0 heterocycles. The number of hydrogen-bond donors (Lipinski definition) is 0. The van der Waals surface area contributed by atoms with Gasteiger partial charge < -0.3 is 9.80 Å². The fourth-order valence-electron chi connectivity index (χ4n) is 8.19. The SMILES string of the molecule is c1ccc(-c2ccc(N(c3ccccc3)c3ccc(N(c4ccc(-c5cccc6ccccc56)cc4)c4ccc(-c5cccc6ccccc56)cc4)cc3)cc2)cc1. The first-order chi connectivity index (χ1) is 28.8. The van der Waals surface area contributed by atoms with Gasteiger partial charge >= 0.3 is 0 Å². The van der Waals surface area contributed by atoms with Gasteiger partial charge in [0.05, 0.1) is 0 Å². The lowest BCUT2D eigenvalue weighted by Crippen LogP contribution is -2.12. The molecule has 0 N–H and O–H groups in total. The van der Waals surface area contributed by atoms with Gasteiger partial charge in [-0.2, -0.15) is 0 Å². The molecule has 2 nitrogen and oxygen atoms in total. The van der Waals surface area contributed by atoms with Gasteiger partial charge in [0.2, 0.25) is 0 Å². The summed E-state index contributed by atoms with van der Waals surface area (Å²) >= 11 is 0.